The van der Waals surface area contributed by atoms with E-state index in [4.69, 9.17) is 5.73 Å². The van der Waals surface area contributed by atoms with Crippen molar-refractivity contribution in [3.63, 3.8) is 0 Å². The number of amides is 3. The van der Waals surface area contributed by atoms with E-state index in [2.05, 4.69) is 10.6 Å². The van der Waals surface area contributed by atoms with E-state index in [1.165, 1.54) is 4.90 Å². The summed E-state index contributed by atoms with van der Waals surface area (Å²) in [6.45, 7) is 2.00. The van der Waals surface area contributed by atoms with Gasteiger partial charge in [0.25, 0.3) is 0 Å². The van der Waals surface area contributed by atoms with Crippen LogP contribution in [-0.2, 0) is 11.3 Å². The van der Waals surface area contributed by atoms with Crippen molar-refractivity contribution in [1.82, 2.24) is 15.5 Å². The van der Waals surface area contributed by atoms with Crippen LogP contribution in [0.25, 0.3) is 0 Å². The largest absolute Gasteiger partial charge is 0.368 e. The Bertz CT molecular complexity index is 449. The molecule has 19 heavy (non-hydrogen) atoms. The lowest BCUT2D eigenvalue weighted by molar-refractivity contribution is -0.122. The van der Waals surface area contributed by atoms with Gasteiger partial charge in [-0.25, -0.2) is 4.79 Å². The number of carbonyl (C=O) groups is 2. The van der Waals surface area contributed by atoms with Crippen LogP contribution in [0.15, 0.2) is 30.3 Å². The fraction of sp³-hybridized carbons (Fsp3) is 0.385. The molecule has 6 heteroatoms. The molecule has 1 aliphatic heterocycles. The summed E-state index contributed by atoms with van der Waals surface area (Å²) < 4.78 is 0. The maximum absolute atomic E-state index is 12.1. The third-order valence-electron chi connectivity index (χ3n) is 3.12. The molecule has 3 amide bonds. The summed E-state index contributed by atoms with van der Waals surface area (Å²) in [6, 6.07) is 8.79. The standard InChI is InChI=1S/C13H18N4O2/c14-12(18)11-9-15-6-7-17(11)13(19)16-8-10-4-2-1-3-5-10/h1-5,11,15H,6-9H2,(H2,14,18)(H,16,19). The van der Waals surface area contributed by atoms with Gasteiger partial charge in [-0.15, -0.1) is 0 Å². The van der Waals surface area contributed by atoms with E-state index in [1.54, 1.807) is 0 Å². The van der Waals surface area contributed by atoms with E-state index in [0.717, 1.165) is 5.56 Å². The molecule has 1 aromatic rings. The van der Waals surface area contributed by atoms with Gasteiger partial charge in [0.1, 0.15) is 6.04 Å². The first-order valence-corrected chi connectivity index (χ1v) is 6.27. The molecule has 1 heterocycles. The molecular weight excluding hydrogens is 244 g/mol. The molecule has 1 aromatic carbocycles. The van der Waals surface area contributed by atoms with Gasteiger partial charge in [-0.3, -0.25) is 4.79 Å². The summed E-state index contributed by atoms with van der Waals surface area (Å²) in [6.07, 6.45) is 0. The Balaban J connectivity index is 1.93. The second-order valence-electron chi connectivity index (χ2n) is 4.46. The monoisotopic (exact) mass is 262 g/mol. The summed E-state index contributed by atoms with van der Waals surface area (Å²) in [4.78, 5) is 24.9. The van der Waals surface area contributed by atoms with Gasteiger partial charge in [0.05, 0.1) is 0 Å². The summed E-state index contributed by atoms with van der Waals surface area (Å²) in [5.41, 5.74) is 6.32. The number of nitrogens with zero attached hydrogens (tertiary/aromatic N) is 1. The van der Waals surface area contributed by atoms with Crippen molar-refractivity contribution < 1.29 is 9.59 Å². The number of urea groups is 1. The van der Waals surface area contributed by atoms with Crippen LogP contribution in [0.2, 0.25) is 0 Å². The Kier molecular flexibility index (Phi) is 4.35. The number of hydrogen-bond acceptors (Lipinski definition) is 3. The quantitative estimate of drug-likeness (QED) is 0.696. The van der Waals surface area contributed by atoms with Crippen molar-refractivity contribution >= 4 is 11.9 Å². The first-order valence-electron chi connectivity index (χ1n) is 6.27. The minimum Gasteiger partial charge on any atom is -0.368 e. The number of piperazine rings is 1. The highest BCUT2D eigenvalue weighted by atomic mass is 16.2. The molecule has 1 atom stereocenters. The Morgan fingerprint density at radius 2 is 2.11 bits per heavy atom. The Morgan fingerprint density at radius 3 is 2.79 bits per heavy atom. The molecule has 2 rings (SSSR count). The SMILES string of the molecule is NC(=O)C1CNCCN1C(=O)NCc1ccccc1. The molecule has 0 saturated carbocycles. The van der Waals surface area contributed by atoms with Gasteiger partial charge in [-0.2, -0.15) is 0 Å². The van der Waals surface area contributed by atoms with Gasteiger partial charge in [0.2, 0.25) is 5.91 Å². The molecule has 1 fully saturated rings. The molecule has 1 aliphatic rings. The van der Waals surface area contributed by atoms with Crippen LogP contribution >= 0.6 is 0 Å². The highest BCUT2D eigenvalue weighted by molar-refractivity contribution is 5.86. The smallest absolute Gasteiger partial charge is 0.318 e. The fourth-order valence-corrected chi connectivity index (χ4v) is 2.08. The third-order valence-corrected chi connectivity index (χ3v) is 3.12. The molecule has 102 valence electrons. The zero-order valence-electron chi connectivity index (χ0n) is 10.6. The summed E-state index contributed by atoms with van der Waals surface area (Å²) in [5.74, 6) is -0.484. The molecule has 4 N–H and O–H groups in total. The maximum atomic E-state index is 12.1. The van der Waals surface area contributed by atoms with Crippen molar-refractivity contribution in [3.8, 4) is 0 Å². The van der Waals surface area contributed by atoms with Crippen LogP contribution in [0, 0.1) is 0 Å². The number of hydrogen-bond donors (Lipinski definition) is 3. The van der Waals surface area contributed by atoms with E-state index in [-0.39, 0.29) is 6.03 Å². The number of benzene rings is 1. The van der Waals surface area contributed by atoms with Gasteiger partial charge >= 0.3 is 6.03 Å². The van der Waals surface area contributed by atoms with E-state index in [1.807, 2.05) is 30.3 Å². The summed E-state index contributed by atoms with van der Waals surface area (Å²) >= 11 is 0. The van der Waals surface area contributed by atoms with Crippen molar-refractivity contribution in [2.75, 3.05) is 19.6 Å². The van der Waals surface area contributed by atoms with Crippen LogP contribution in [0.1, 0.15) is 5.56 Å². The van der Waals surface area contributed by atoms with E-state index < -0.39 is 11.9 Å². The molecule has 1 saturated heterocycles. The van der Waals surface area contributed by atoms with Crippen molar-refractivity contribution in [2.24, 2.45) is 5.73 Å². The molecular formula is C13H18N4O2. The van der Waals surface area contributed by atoms with Crippen LogP contribution in [0.4, 0.5) is 4.79 Å². The van der Waals surface area contributed by atoms with Crippen LogP contribution in [0.5, 0.6) is 0 Å². The lowest BCUT2D eigenvalue weighted by Gasteiger charge is -2.34. The fourth-order valence-electron chi connectivity index (χ4n) is 2.08. The summed E-state index contributed by atoms with van der Waals surface area (Å²) in [7, 11) is 0. The highest BCUT2D eigenvalue weighted by Crippen LogP contribution is 2.04. The minimum atomic E-state index is -0.579. The van der Waals surface area contributed by atoms with Gasteiger partial charge < -0.3 is 21.3 Å². The topological polar surface area (TPSA) is 87.5 Å². The van der Waals surface area contributed by atoms with E-state index in [0.29, 0.717) is 26.2 Å². The normalized spacial score (nSPS) is 18.9. The lowest BCUT2D eigenvalue weighted by atomic mass is 10.2. The molecule has 1 unspecified atom stereocenters. The maximum Gasteiger partial charge on any atom is 0.318 e. The zero-order chi connectivity index (χ0) is 13.7. The first kappa shape index (κ1) is 13.4. The molecule has 0 spiro atoms. The number of rotatable bonds is 3. The van der Waals surface area contributed by atoms with E-state index in [9.17, 15) is 9.59 Å². The van der Waals surface area contributed by atoms with Crippen molar-refractivity contribution in [3.05, 3.63) is 35.9 Å². The summed E-state index contributed by atoms with van der Waals surface area (Å²) in [5, 5.41) is 5.86. The minimum absolute atomic E-state index is 0.255. The lowest BCUT2D eigenvalue weighted by Crippen LogP contribution is -2.60. The number of nitrogens with one attached hydrogen (secondary N) is 2. The molecule has 6 nitrogen and oxygen atoms in total. The predicted octanol–water partition coefficient (Wildman–Crippen LogP) is -0.345. The zero-order valence-corrected chi connectivity index (χ0v) is 10.6. The number of primary amides is 1. The predicted molar refractivity (Wildman–Crippen MR) is 71.2 cm³/mol. The Labute approximate surface area is 112 Å². The van der Waals surface area contributed by atoms with E-state index >= 15 is 0 Å². The number of nitrogens with two attached hydrogens (primary N) is 1. The van der Waals surface area contributed by atoms with Crippen molar-refractivity contribution in [2.45, 2.75) is 12.6 Å². The third kappa shape index (κ3) is 3.45. The van der Waals surface area contributed by atoms with Crippen LogP contribution in [0.3, 0.4) is 0 Å². The number of carbonyl (C=O) groups excluding carboxylic acids is 2. The average Bonchev–Trinajstić information content (AvgIpc) is 2.46. The second-order valence-corrected chi connectivity index (χ2v) is 4.46. The molecule has 0 bridgehead atoms. The molecule has 0 radical (unpaired) electrons. The second kappa shape index (κ2) is 6.19. The van der Waals surface area contributed by atoms with Gasteiger partial charge in [0, 0.05) is 26.2 Å². The van der Waals surface area contributed by atoms with Crippen LogP contribution in [-0.4, -0.2) is 42.5 Å². The van der Waals surface area contributed by atoms with Crippen LogP contribution < -0.4 is 16.4 Å². The Hall–Kier alpha value is -2.08. The van der Waals surface area contributed by atoms with Gasteiger partial charge in [0.15, 0.2) is 0 Å². The van der Waals surface area contributed by atoms with Crippen molar-refractivity contribution in [1.29, 1.82) is 0 Å². The Morgan fingerprint density at radius 1 is 1.37 bits per heavy atom. The van der Waals surface area contributed by atoms with Gasteiger partial charge in [-0.05, 0) is 5.56 Å². The highest BCUT2D eigenvalue weighted by Gasteiger charge is 2.30. The molecule has 0 aliphatic carbocycles. The first-order chi connectivity index (χ1) is 9.18. The molecule has 0 aromatic heterocycles. The average molecular weight is 262 g/mol. The van der Waals surface area contributed by atoms with Gasteiger partial charge in [-0.1, -0.05) is 30.3 Å².